The number of hydrogen-bond acceptors (Lipinski definition) is 6. The zero-order chi connectivity index (χ0) is 17.4. The van der Waals surface area contributed by atoms with E-state index in [0.717, 1.165) is 21.3 Å². The predicted octanol–water partition coefficient (Wildman–Crippen LogP) is 2.91. The van der Waals surface area contributed by atoms with Crippen LogP contribution in [0.1, 0.15) is 37.6 Å². The SMILES string of the molecule is Cc1cc(-n2nc(C)cc2NC(=O)c2nc(C)sc2C)nc(C)n1. The molecule has 0 saturated carbocycles. The van der Waals surface area contributed by atoms with E-state index in [1.54, 1.807) is 10.7 Å². The second kappa shape index (κ2) is 6.12. The highest BCUT2D eigenvalue weighted by Crippen LogP contribution is 2.20. The van der Waals surface area contributed by atoms with Crippen LogP contribution in [0.25, 0.3) is 5.82 Å². The lowest BCUT2D eigenvalue weighted by molar-refractivity contribution is 0.102. The second-order valence-corrected chi connectivity index (χ2v) is 7.00. The summed E-state index contributed by atoms with van der Waals surface area (Å²) in [4.78, 5) is 26.4. The van der Waals surface area contributed by atoms with Gasteiger partial charge in [-0.25, -0.2) is 15.0 Å². The summed E-state index contributed by atoms with van der Waals surface area (Å²) >= 11 is 1.50. The summed E-state index contributed by atoms with van der Waals surface area (Å²) in [5.74, 6) is 1.58. The lowest BCUT2D eigenvalue weighted by Gasteiger charge is -2.09. The third kappa shape index (κ3) is 3.18. The van der Waals surface area contributed by atoms with Gasteiger partial charge in [0.1, 0.15) is 17.3 Å². The van der Waals surface area contributed by atoms with Gasteiger partial charge in [-0.05, 0) is 34.6 Å². The quantitative estimate of drug-likeness (QED) is 0.791. The smallest absolute Gasteiger partial charge is 0.276 e. The van der Waals surface area contributed by atoms with E-state index in [9.17, 15) is 4.79 Å². The van der Waals surface area contributed by atoms with Crippen LogP contribution in [0.5, 0.6) is 0 Å². The van der Waals surface area contributed by atoms with Gasteiger partial charge in [-0.15, -0.1) is 11.3 Å². The van der Waals surface area contributed by atoms with Crippen molar-refractivity contribution in [3.05, 3.63) is 44.9 Å². The fraction of sp³-hybridized carbons (Fsp3) is 0.312. The number of aryl methyl sites for hydroxylation is 5. The van der Waals surface area contributed by atoms with Crippen molar-refractivity contribution in [1.82, 2.24) is 24.7 Å². The zero-order valence-electron chi connectivity index (χ0n) is 14.2. The monoisotopic (exact) mass is 342 g/mol. The van der Waals surface area contributed by atoms with E-state index in [2.05, 4.69) is 25.4 Å². The van der Waals surface area contributed by atoms with Crippen LogP contribution in [0.2, 0.25) is 0 Å². The number of carbonyl (C=O) groups excluding carboxylic acids is 1. The molecule has 0 radical (unpaired) electrons. The average molecular weight is 342 g/mol. The molecule has 124 valence electrons. The van der Waals surface area contributed by atoms with Crippen LogP contribution in [0.15, 0.2) is 12.1 Å². The lowest BCUT2D eigenvalue weighted by Crippen LogP contribution is -2.17. The molecule has 3 heterocycles. The second-order valence-electron chi connectivity index (χ2n) is 5.59. The van der Waals surface area contributed by atoms with E-state index in [1.807, 2.05) is 40.7 Å². The van der Waals surface area contributed by atoms with Crippen LogP contribution in [0, 0.1) is 34.6 Å². The molecule has 0 fully saturated rings. The van der Waals surface area contributed by atoms with Crippen molar-refractivity contribution in [1.29, 1.82) is 0 Å². The van der Waals surface area contributed by atoms with Crippen LogP contribution in [-0.4, -0.2) is 30.6 Å². The Kier molecular flexibility index (Phi) is 4.15. The molecule has 3 aromatic rings. The first-order chi connectivity index (χ1) is 11.3. The standard InChI is InChI=1S/C16H18N6OS/c1-8-6-13(18-11(4)17-8)22-14(7-9(2)21-22)20-16(23)15-10(3)24-12(5)19-15/h6-7H,1-5H3,(H,20,23). The number of carbonyl (C=O) groups is 1. The maximum atomic E-state index is 12.5. The van der Waals surface area contributed by atoms with E-state index in [-0.39, 0.29) is 5.91 Å². The normalized spacial score (nSPS) is 10.9. The Balaban J connectivity index is 1.97. The van der Waals surface area contributed by atoms with Gasteiger partial charge in [0, 0.05) is 22.7 Å². The number of aromatic nitrogens is 5. The number of amides is 1. The Labute approximate surface area is 143 Å². The molecule has 8 heteroatoms. The summed E-state index contributed by atoms with van der Waals surface area (Å²) in [5.41, 5.74) is 2.07. The third-order valence-electron chi connectivity index (χ3n) is 3.36. The van der Waals surface area contributed by atoms with Gasteiger partial charge >= 0.3 is 0 Å². The molecule has 7 nitrogen and oxygen atoms in total. The molecular formula is C16H18N6OS. The van der Waals surface area contributed by atoms with E-state index in [1.165, 1.54) is 11.3 Å². The van der Waals surface area contributed by atoms with Crippen molar-refractivity contribution < 1.29 is 4.79 Å². The van der Waals surface area contributed by atoms with Gasteiger partial charge in [-0.3, -0.25) is 4.79 Å². The largest absolute Gasteiger partial charge is 0.305 e. The fourth-order valence-electron chi connectivity index (χ4n) is 2.48. The highest BCUT2D eigenvalue weighted by Gasteiger charge is 2.18. The van der Waals surface area contributed by atoms with Crippen molar-refractivity contribution in [3.63, 3.8) is 0 Å². The molecule has 24 heavy (non-hydrogen) atoms. The molecule has 1 amide bonds. The molecule has 1 N–H and O–H groups in total. The molecule has 0 unspecified atom stereocenters. The minimum absolute atomic E-state index is 0.250. The van der Waals surface area contributed by atoms with Gasteiger partial charge in [0.25, 0.3) is 5.91 Å². The molecule has 0 spiro atoms. The van der Waals surface area contributed by atoms with E-state index >= 15 is 0 Å². The number of nitrogens with one attached hydrogen (secondary N) is 1. The van der Waals surface area contributed by atoms with Crippen LogP contribution in [-0.2, 0) is 0 Å². The summed E-state index contributed by atoms with van der Waals surface area (Å²) in [6.07, 6.45) is 0. The fourth-order valence-corrected chi connectivity index (χ4v) is 3.30. The highest BCUT2D eigenvalue weighted by molar-refractivity contribution is 7.11. The van der Waals surface area contributed by atoms with Crippen molar-refractivity contribution >= 4 is 23.1 Å². The van der Waals surface area contributed by atoms with Gasteiger partial charge in [0.2, 0.25) is 0 Å². The summed E-state index contributed by atoms with van der Waals surface area (Å²) in [7, 11) is 0. The first-order valence-corrected chi connectivity index (χ1v) is 8.30. The molecule has 0 aliphatic heterocycles. The lowest BCUT2D eigenvalue weighted by atomic mass is 10.3. The topological polar surface area (TPSA) is 85.6 Å². The van der Waals surface area contributed by atoms with Crippen molar-refractivity contribution in [2.24, 2.45) is 0 Å². The molecule has 0 atom stereocenters. The van der Waals surface area contributed by atoms with Crippen LogP contribution in [0.4, 0.5) is 5.82 Å². The summed E-state index contributed by atoms with van der Waals surface area (Å²) in [6.45, 7) is 9.36. The summed E-state index contributed by atoms with van der Waals surface area (Å²) in [5, 5.41) is 8.18. The average Bonchev–Trinajstić information content (AvgIpc) is 3.00. The van der Waals surface area contributed by atoms with Gasteiger partial charge in [-0.2, -0.15) is 9.78 Å². The summed E-state index contributed by atoms with van der Waals surface area (Å²) < 4.78 is 1.61. The maximum Gasteiger partial charge on any atom is 0.276 e. The number of nitrogens with zero attached hydrogens (tertiary/aromatic N) is 5. The van der Waals surface area contributed by atoms with Crippen molar-refractivity contribution in [2.75, 3.05) is 5.32 Å². The Morgan fingerprint density at radius 2 is 1.79 bits per heavy atom. The van der Waals surface area contributed by atoms with Crippen LogP contribution >= 0.6 is 11.3 Å². The van der Waals surface area contributed by atoms with Gasteiger partial charge < -0.3 is 5.32 Å². The number of hydrogen-bond donors (Lipinski definition) is 1. The first kappa shape index (κ1) is 16.3. The molecule has 3 aromatic heterocycles. The highest BCUT2D eigenvalue weighted by atomic mass is 32.1. The molecule has 0 saturated heterocycles. The summed E-state index contributed by atoms with van der Waals surface area (Å²) in [6, 6.07) is 3.63. The minimum atomic E-state index is -0.250. The van der Waals surface area contributed by atoms with Gasteiger partial charge in [0.15, 0.2) is 5.82 Å². The number of rotatable bonds is 3. The molecular weight excluding hydrogens is 324 g/mol. The van der Waals surface area contributed by atoms with E-state index in [4.69, 9.17) is 0 Å². The Morgan fingerprint density at radius 3 is 2.42 bits per heavy atom. The third-order valence-corrected chi connectivity index (χ3v) is 4.25. The van der Waals surface area contributed by atoms with Crippen LogP contribution in [0.3, 0.4) is 0 Å². The van der Waals surface area contributed by atoms with Crippen LogP contribution < -0.4 is 5.32 Å². The molecule has 0 aliphatic carbocycles. The molecule has 0 aromatic carbocycles. The Bertz CT molecular complexity index is 907. The molecule has 0 bridgehead atoms. The molecule has 0 aliphatic rings. The van der Waals surface area contributed by atoms with Crippen molar-refractivity contribution in [2.45, 2.75) is 34.6 Å². The number of anilines is 1. The zero-order valence-corrected chi connectivity index (χ0v) is 15.0. The predicted molar refractivity (Wildman–Crippen MR) is 92.9 cm³/mol. The first-order valence-electron chi connectivity index (χ1n) is 7.48. The van der Waals surface area contributed by atoms with Gasteiger partial charge in [0.05, 0.1) is 10.7 Å². The molecule has 3 rings (SSSR count). The van der Waals surface area contributed by atoms with Crippen molar-refractivity contribution in [3.8, 4) is 5.82 Å². The maximum absolute atomic E-state index is 12.5. The minimum Gasteiger partial charge on any atom is -0.305 e. The Morgan fingerprint density at radius 1 is 1.04 bits per heavy atom. The van der Waals surface area contributed by atoms with E-state index < -0.39 is 0 Å². The number of thiazole rings is 1. The van der Waals surface area contributed by atoms with E-state index in [0.29, 0.717) is 23.2 Å². The Hall–Kier alpha value is -2.61. The van der Waals surface area contributed by atoms with Gasteiger partial charge in [-0.1, -0.05) is 0 Å².